The predicted octanol–water partition coefficient (Wildman–Crippen LogP) is 1.19. The molecule has 0 aromatic heterocycles. The molecular formula is C4H5Cl3O3. The Morgan fingerprint density at radius 2 is 1.70 bits per heavy atom. The van der Waals surface area contributed by atoms with Crippen molar-refractivity contribution >= 4 is 40.8 Å². The Bertz CT molecular complexity index is 148. The van der Waals surface area contributed by atoms with Crippen LogP contribution in [0.3, 0.4) is 0 Å². The lowest BCUT2D eigenvalue weighted by Gasteiger charge is -2.25. The second-order valence-electron chi connectivity index (χ2n) is 1.88. The van der Waals surface area contributed by atoms with Crippen molar-refractivity contribution in [2.24, 2.45) is 0 Å². The maximum absolute atomic E-state index is 10.2. The average Bonchev–Trinajstić information content (AvgIpc) is 1.62. The highest BCUT2D eigenvalue weighted by Crippen LogP contribution is 2.37. The summed E-state index contributed by atoms with van der Waals surface area (Å²) in [6.45, 7) is 0.905. The van der Waals surface area contributed by atoms with Gasteiger partial charge in [-0.3, -0.25) is 0 Å². The van der Waals surface area contributed by atoms with Crippen LogP contribution >= 0.6 is 34.8 Å². The van der Waals surface area contributed by atoms with Gasteiger partial charge in [0, 0.05) is 0 Å². The van der Waals surface area contributed by atoms with Crippen molar-refractivity contribution in [2.75, 3.05) is 0 Å². The molecule has 3 nitrogen and oxygen atoms in total. The summed E-state index contributed by atoms with van der Waals surface area (Å²) >= 11 is 15.4. The molecule has 1 atom stereocenters. The van der Waals surface area contributed by atoms with E-state index in [4.69, 9.17) is 45.0 Å². The SMILES string of the molecule is CC(O)(C(=O)O)C(Cl)(Cl)Cl. The van der Waals surface area contributed by atoms with Crippen molar-refractivity contribution in [3.8, 4) is 0 Å². The zero-order chi connectivity index (χ0) is 8.58. The molecule has 6 heteroatoms. The van der Waals surface area contributed by atoms with Gasteiger partial charge in [0.1, 0.15) is 0 Å². The quantitative estimate of drug-likeness (QED) is 0.635. The van der Waals surface area contributed by atoms with Crippen molar-refractivity contribution in [1.29, 1.82) is 0 Å². The number of aliphatic carboxylic acids is 1. The van der Waals surface area contributed by atoms with E-state index in [0.717, 1.165) is 6.92 Å². The van der Waals surface area contributed by atoms with Gasteiger partial charge in [-0.2, -0.15) is 0 Å². The van der Waals surface area contributed by atoms with Gasteiger partial charge in [0.15, 0.2) is 0 Å². The maximum atomic E-state index is 10.2. The zero-order valence-electron chi connectivity index (χ0n) is 4.94. The third kappa shape index (κ3) is 1.89. The van der Waals surface area contributed by atoms with Crippen LogP contribution in [0.25, 0.3) is 0 Å². The van der Waals surface area contributed by atoms with E-state index in [9.17, 15) is 4.79 Å². The van der Waals surface area contributed by atoms with Crippen LogP contribution in [0.15, 0.2) is 0 Å². The Morgan fingerprint density at radius 1 is 1.40 bits per heavy atom. The molecule has 0 rings (SSSR count). The number of hydrogen-bond acceptors (Lipinski definition) is 2. The molecule has 0 heterocycles. The first kappa shape index (κ1) is 10.3. The predicted molar refractivity (Wildman–Crippen MR) is 38.5 cm³/mol. The van der Waals surface area contributed by atoms with Crippen LogP contribution in [0, 0.1) is 0 Å². The number of carbonyl (C=O) groups is 1. The van der Waals surface area contributed by atoms with E-state index in [1.807, 2.05) is 0 Å². The van der Waals surface area contributed by atoms with Crippen LogP contribution in [0.4, 0.5) is 0 Å². The summed E-state index contributed by atoms with van der Waals surface area (Å²) in [5.41, 5.74) is -2.35. The molecule has 10 heavy (non-hydrogen) atoms. The molecule has 0 aromatic rings. The number of aliphatic hydroxyl groups is 1. The Hall–Kier alpha value is 0.300. The molecular weight excluding hydrogens is 202 g/mol. The van der Waals surface area contributed by atoms with Crippen LogP contribution in [0.1, 0.15) is 6.92 Å². The van der Waals surface area contributed by atoms with Crippen molar-refractivity contribution in [3.05, 3.63) is 0 Å². The van der Waals surface area contributed by atoms with Crippen LogP contribution < -0.4 is 0 Å². The molecule has 0 aliphatic rings. The first-order valence-electron chi connectivity index (χ1n) is 2.22. The summed E-state index contributed by atoms with van der Waals surface area (Å²) in [7, 11) is 0. The number of carboxylic acid groups (broad SMARTS) is 1. The number of halogens is 3. The van der Waals surface area contributed by atoms with E-state index < -0.39 is 15.4 Å². The van der Waals surface area contributed by atoms with Crippen LogP contribution in [0.2, 0.25) is 0 Å². The number of alkyl halides is 3. The lowest BCUT2D eigenvalue weighted by Crippen LogP contribution is -2.47. The minimum atomic E-state index is -2.35. The summed E-state index contributed by atoms with van der Waals surface area (Å²) < 4.78 is -2.21. The van der Waals surface area contributed by atoms with Crippen molar-refractivity contribution in [2.45, 2.75) is 16.3 Å². The summed E-state index contributed by atoms with van der Waals surface area (Å²) in [5, 5.41) is 17.2. The van der Waals surface area contributed by atoms with Gasteiger partial charge >= 0.3 is 5.97 Å². The highest BCUT2D eigenvalue weighted by Gasteiger charge is 2.49. The highest BCUT2D eigenvalue weighted by atomic mass is 35.6. The number of carboxylic acids is 1. The summed E-state index contributed by atoms with van der Waals surface area (Å²) in [6.07, 6.45) is 0. The molecule has 0 aromatic carbocycles. The topological polar surface area (TPSA) is 57.5 Å². The molecule has 0 aliphatic carbocycles. The van der Waals surface area contributed by atoms with E-state index in [-0.39, 0.29) is 0 Å². The Labute approximate surface area is 72.5 Å². The minimum Gasteiger partial charge on any atom is -0.479 e. The highest BCUT2D eigenvalue weighted by molar-refractivity contribution is 6.69. The fourth-order valence-electron chi connectivity index (χ4n) is 0.121. The zero-order valence-corrected chi connectivity index (χ0v) is 7.20. The molecule has 60 valence electrons. The Balaban J connectivity index is 4.57. The Kier molecular flexibility index (Phi) is 2.82. The van der Waals surface area contributed by atoms with E-state index in [1.165, 1.54) is 0 Å². The molecule has 0 bridgehead atoms. The fourth-order valence-corrected chi connectivity index (χ4v) is 0.364. The number of hydrogen-bond donors (Lipinski definition) is 2. The second kappa shape index (κ2) is 2.74. The molecule has 1 unspecified atom stereocenters. The largest absolute Gasteiger partial charge is 0.479 e. The van der Waals surface area contributed by atoms with Crippen LogP contribution in [0.5, 0.6) is 0 Å². The van der Waals surface area contributed by atoms with Crippen molar-refractivity contribution in [3.63, 3.8) is 0 Å². The van der Waals surface area contributed by atoms with Gasteiger partial charge in [0.2, 0.25) is 9.39 Å². The lowest BCUT2D eigenvalue weighted by molar-refractivity contribution is -0.156. The van der Waals surface area contributed by atoms with E-state index in [1.54, 1.807) is 0 Å². The van der Waals surface area contributed by atoms with Crippen LogP contribution in [-0.4, -0.2) is 25.6 Å². The molecule has 0 saturated carbocycles. The molecule has 0 amide bonds. The van der Waals surface area contributed by atoms with Gasteiger partial charge in [0.05, 0.1) is 0 Å². The van der Waals surface area contributed by atoms with Crippen molar-refractivity contribution in [1.82, 2.24) is 0 Å². The number of rotatable bonds is 1. The maximum Gasteiger partial charge on any atom is 0.339 e. The third-order valence-electron chi connectivity index (χ3n) is 0.968. The summed E-state index contributed by atoms with van der Waals surface area (Å²) in [4.78, 5) is 10.2. The molecule has 0 aliphatic heterocycles. The molecule has 2 N–H and O–H groups in total. The van der Waals surface area contributed by atoms with Gasteiger partial charge < -0.3 is 10.2 Å². The van der Waals surface area contributed by atoms with Gasteiger partial charge in [-0.05, 0) is 6.92 Å². The van der Waals surface area contributed by atoms with Crippen molar-refractivity contribution < 1.29 is 15.0 Å². The van der Waals surface area contributed by atoms with Gasteiger partial charge in [-0.15, -0.1) is 0 Å². The summed E-state index contributed by atoms with van der Waals surface area (Å²) in [6, 6.07) is 0. The van der Waals surface area contributed by atoms with Gasteiger partial charge in [-0.1, -0.05) is 34.8 Å². The van der Waals surface area contributed by atoms with E-state index >= 15 is 0 Å². The third-order valence-corrected chi connectivity index (χ3v) is 2.07. The first-order valence-corrected chi connectivity index (χ1v) is 3.35. The molecule has 0 spiro atoms. The van der Waals surface area contributed by atoms with Gasteiger partial charge in [-0.25, -0.2) is 4.79 Å². The minimum absolute atomic E-state index is 0.905. The normalized spacial score (nSPS) is 18.1. The average molecular weight is 207 g/mol. The lowest BCUT2D eigenvalue weighted by atomic mass is 10.1. The molecule has 0 saturated heterocycles. The molecule has 0 fully saturated rings. The summed E-state index contributed by atoms with van der Waals surface area (Å²) in [5.74, 6) is -1.58. The first-order chi connectivity index (χ1) is 4.19. The Morgan fingerprint density at radius 3 is 1.70 bits per heavy atom. The van der Waals surface area contributed by atoms with E-state index in [2.05, 4.69) is 0 Å². The standard InChI is InChI=1S/C4H5Cl3O3/c1-3(10,2(8)9)4(5,6)7/h10H,1H3,(H,8,9). The van der Waals surface area contributed by atoms with Gasteiger partial charge in [0.25, 0.3) is 0 Å². The van der Waals surface area contributed by atoms with Crippen LogP contribution in [-0.2, 0) is 4.79 Å². The molecule has 0 radical (unpaired) electrons. The smallest absolute Gasteiger partial charge is 0.339 e. The van der Waals surface area contributed by atoms with E-state index in [0.29, 0.717) is 0 Å². The fraction of sp³-hybridized carbons (Fsp3) is 0.750. The monoisotopic (exact) mass is 206 g/mol. The second-order valence-corrected chi connectivity index (χ2v) is 4.16.